The van der Waals surface area contributed by atoms with E-state index in [4.69, 9.17) is 4.42 Å². The number of hydrogen-bond donors (Lipinski definition) is 3. The molecule has 152 valence electrons. The number of aromatic nitrogens is 2. The summed E-state index contributed by atoms with van der Waals surface area (Å²) in [6.07, 6.45) is 4.81. The van der Waals surface area contributed by atoms with E-state index in [1.54, 1.807) is 13.2 Å². The molecule has 2 aromatic heterocycles. The lowest BCUT2D eigenvalue weighted by Crippen LogP contribution is -2.37. The average molecular weight is 495 g/mol. The largest absolute Gasteiger partial charge is 0.443 e. The van der Waals surface area contributed by atoms with E-state index >= 15 is 0 Å². The van der Waals surface area contributed by atoms with Crippen molar-refractivity contribution in [2.24, 2.45) is 4.99 Å². The third-order valence-electron chi connectivity index (χ3n) is 4.61. The third kappa shape index (κ3) is 5.27. The van der Waals surface area contributed by atoms with Crippen molar-refractivity contribution < 1.29 is 4.42 Å². The Kier molecular flexibility index (Phi) is 7.51. The van der Waals surface area contributed by atoms with E-state index in [2.05, 4.69) is 77.7 Å². The molecule has 0 fully saturated rings. The molecule has 0 aliphatic heterocycles. The van der Waals surface area contributed by atoms with Gasteiger partial charge in [0.2, 0.25) is 5.89 Å². The first-order chi connectivity index (χ1) is 12.9. The van der Waals surface area contributed by atoms with Gasteiger partial charge in [0.15, 0.2) is 5.96 Å². The fourth-order valence-electron chi connectivity index (χ4n) is 3.08. The van der Waals surface area contributed by atoms with E-state index in [1.165, 1.54) is 22.0 Å². The molecule has 0 unspecified atom stereocenters. The maximum absolute atomic E-state index is 5.81. The first kappa shape index (κ1) is 22.3. The van der Waals surface area contributed by atoms with E-state index in [0.717, 1.165) is 24.7 Å². The molecule has 7 heteroatoms. The molecule has 3 N–H and O–H groups in total. The van der Waals surface area contributed by atoms with E-state index in [9.17, 15) is 0 Å². The van der Waals surface area contributed by atoms with Crippen LogP contribution in [0.2, 0.25) is 0 Å². The number of aromatic amines is 1. The third-order valence-corrected chi connectivity index (χ3v) is 4.61. The van der Waals surface area contributed by atoms with E-state index in [0.29, 0.717) is 12.4 Å². The molecule has 0 spiro atoms. The fourth-order valence-corrected chi connectivity index (χ4v) is 3.08. The fraction of sp³-hybridized carbons (Fsp3) is 0.429. The van der Waals surface area contributed by atoms with Gasteiger partial charge in [-0.2, -0.15) is 0 Å². The molecule has 2 heterocycles. The Morgan fingerprint density at radius 1 is 1.25 bits per heavy atom. The summed E-state index contributed by atoms with van der Waals surface area (Å²) in [6, 6.07) is 6.34. The summed E-state index contributed by atoms with van der Waals surface area (Å²) in [6.45, 7) is 9.77. The highest BCUT2D eigenvalue weighted by Crippen LogP contribution is 2.23. The average Bonchev–Trinajstić information content (AvgIpc) is 3.25. The predicted octanol–water partition coefficient (Wildman–Crippen LogP) is 4.29. The van der Waals surface area contributed by atoms with Gasteiger partial charge in [0, 0.05) is 36.1 Å². The van der Waals surface area contributed by atoms with Crippen LogP contribution in [0.1, 0.15) is 43.5 Å². The maximum Gasteiger partial charge on any atom is 0.213 e. The van der Waals surface area contributed by atoms with Crippen molar-refractivity contribution in [2.45, 2.75) is 46.1 Å². The highest BCUT2D eigenvalue weighted by molar-refractivity contribution is 14.0. The zero-order chi connectivity index (χ0) is 19.4. The number of nitrogens with one attached hydrogen (secondary N) is 3. The molecular formula is C21H30IN5O. The van der Waals surface area contributed by atoms with E-state index < -0.39 is 0 Å². The first-order valence-corrected chi connectivity index (χ1v) is 9.34. The quantitative estimate of drug-likeness (QED) is 0.281. The monoisotopic (exact) mass is 495 g/mol. The summed E-state index contributed by atoms with van der Waals surface area (Å²) < 4.78 is 5.81. The number of benzene rings is 1. The van der Waals surface area contributed by atoms with Gasteiger partial charge in [-0.05, 0) is 30.5 Å². The van der Waals surface area contributed by atoms with Crippen LogP contribution in [0.25, 0.3) is 10.9 Å². The number of oxazole rings is 1. The van der Waals surface area contributed by atoms with Crippen LogP contribution in [-0.2, 0) is 18.4 Å². The van der Waals surface area contributed by atoms with Gasteiger partial charge >= 0.3 is 0 Å². The zero-order valence-electron chi connectivity index (χ0n) is 17.2. The van der Waals surface area contributed by atoms with Crippen molar-refractivity contribution in [1.29, 1.82) is 0 Å². The summed E-state index contributed by atoms with van der Waals surface area (Å²) in [5.41, 5.74) is 3.76. The molecule has 0 aliphatic carbocycles. The molecule has 3 rings (SSSR count). The smallest absolute Gasteiger partial charge is 0.213 e. The van der Waals surface area contributed by atoms with Gasteiger partial charge in [0.1, 0.15) is 5.76 Å². The van der Waals surface area contributed by atoms with Gasteiger partial charge < -0.3 is 20.0 Å². The molecule has 0 saturated heterocycles. The van der Waals surface area contributed by atoms with E-state index in [-0.39, 0.29) is 29.4 Å². The zero-order valence-corrected chi connectivity index (χ0v) is 19.5. The SMILES string of the molecule is CN=C(NCCc1c[nH]c2cccc(C)c12)NCc1ncc(C(C)(C)C)o1.I. The minimum Gasteiger partial charge on any atom is -0.443 e. The van der Waals surface area contributed by atoms with Gasteiger partial charge in [-0.1, -0.05) is 32.9 Å². The van der Waals surface area contributed by atoms with Crippen LogP contribution >= 0.6 is 24.0 Å². The Hall–Kier alpha value is -2.03. The van der Waals surface area contributed by atoms with Crippen molar-refractivity contribution in [2.75, 3.05) is 13.6 Å². The minimum atomic E-state index is -0.0390. The summed E-state index contributed by atoms with van der Waals surface area (Å²) in [5.74, 6) is 2.29. The molecule has 6 nitrogen and oxygen atoms in total. The van der Waals surface area contributed by atoms with Crippen LogP contribution in [0.5, 0.6) is 0 Å². The van der Waals surface area contributed by atoms with Crippen molar-refractivity contribution in [3.63, 3.8) is 0 Å². The molecular weight excluding hydrogens is 465 g/mol. The highest BCUT2D eigenvalue weighted by Gasteiger charge is 2.19. The molecule has 0 amide bonds. The lowest BCUT2D eigenvalue weighted by molar-refractivity contribution is 0.379. The summed E-state index contributed by atoms with van der Waals surface area (Å²) in [5, 5.41) is 7.93. The number of guanidine groups is 1. The van der Waals surface area contributed by atoms with Crippen molar-refractivity contribution in [3.8, 4) is 0 Å². The van der Waals surface area contributed by atoms with Gasteiger partial charge in [-0.15, -0.1) is 24.0 Å². The maximum atomic E-state index is 5.81. The Morgan fingerprint density at radius 3 is 2.71 bits per heavy atom. The number of aliphatic imine (C=N–C) groups is 1. The first-order valence-electron chi connectivity index (χ1n) is 9.34. The molecule has 0 atom stereocenters. The summed E-state index contributed by atoms with van der Waals surface area (Å²) in [4.78, 5) is 12.0. The Morgan fingerprint density at radius 2 is 2.04 bits per heavy atom. The van der Waals surface area contributed by atoms with Crippen LogP contribution in [0, 0.1) is 6.92 Å². The number of nitrogens with zero attached hydrogens (tertiary/aromatic N) is 2. The predicted molar refractivity (Wildman–Crippen MR) is 126 cm³/mol. The highest BCUT2D eigenvalue weighted by atomic mass is 127. The topological polar surface area (TPSA) is 78.2 Å². The van der Waals surface area contributed by atoms with Crippen molar-refractivity contribution in [1.82, 2.24) is 20.6 Å². The molecule has 0 saturated carbocycles. The van der Waals surface area contributed by atoms with Crippen LogP contribution in [-0.4, -0.2) is 29.5 Å². The summed E-state index contributed by atoms with van der Waals surface area (Å²) >= 11 is 0. The molecule has 3 aromatic rings. The van der Waals surface area contributed by atoms with Crippen LogP contribution in [0.3, 0.4) is 0 Å². The molecule has 0 aliphatic rings. The van der Waals surface area contributed by atoms with Crippen molar-refractivity contribution >= 4 is 40.8 Å². The Bertz CT molecular complexity index is 936. The van der Waals surface area contributed by atoms with Crippen LogP contribution in [0.4, 0.5) is 0 Å². The van der Waals surface area contributed by atoms with Gasteiger partial charge in [-0.25, -0.2) is 4.98 Å². The standard InChI is InChI=1S/C21H29N5O.HI/c1-14-7-6-8-16-19(14)15(11-24-16)9-10-23-20(22-5)26-13-18-25-12-17(27-18)21(2,3)4;/h6-8,11-12,24H,9-10,13H2,1-5H3,(H2,22,23,26);1H. The van der Waals surface area contributed by atoms with Gasteiger partial charge in [0.25, 0.3) is 0 Å². The molecule has 0 bridgehead atoms. The second kappa shape index (κ2) is 9.45. The number of H-pyrrole nitrogens is 1. The Labute approximate surface area is 183 Å². The number of rotatable bonds is 5. The number of aryl methyl sites for hydroxylation is 1. The minimum absolute atomic E-state index is 0. The van der Waals surface area contributed by atoms with Gasteiger partial charge in [-0.3, -0.25) is 4.99 Å². The van der Waals surface area contributed by atoms with Crippen molar-refractivity contribution in [3.05, 3.63) is 53.4 Å². The number of halogens is 1. The number of fused-ring (bicyclic) bond motifs is 1. The van der Waals surface area contributed by atoms with Gasteiger partial charge in [0.05, 0.1) is 12.7 Å². The summed E-state index contributed by atoms with van der Waals surface area (Å²) in [7, 11) is 1.77. The van der Waals surface area contributed by atoms with Crippen LogP contribution in [0.15, 0.2) is 40.0 Å². The Balaban J connectivity index is 0.00000280. The molecule has 0 radical (unpaired) electrons. The second-order valence-electron chi connectivity index (χ2n) is 7.78. The lowest BCUT2D eigenvalue weighted by atomic mass is 9.94. The lowest BCUT2D eigenvalue weighted by Gasteiger charge is -2.13. The number of hydrogen-bond acceptors (Lipinski definition) is 3. The van der Waals surface area contributed by atoms with Crippen LogP contribution < -0.4 is 10.6 Å². The second-order valence-corrected chi connectivity index (χ2v) is 7.78. The normalized spacial score (nSPS) is 12.1. The van der Waals surface area contributed by atoms with E-state index in [1.807, 2.05) is 0 Å². The molecule has 1 aromatic carbocycles. The molecule has 28 heavy (non-hydrogen) atoms.